The van der Waals surface area contributed by atoms with Gasteiger partial charge in [-0.05, 0) is 79.7 Å². The van der Waals surface area contributed by atoms with E-state index in [1.54, 1.807) is 11.3 Å². The van der Waals surface area contributed by atoms with Crippen LogP contribution >= 0.6 is 11.3 Å². The van der Waals surface area contributed by atoms with Crippen molar-refractivity contribution in [2.45, 2.75) is 26.8 Å². The van der Waals surface area contributed by atoms with Gasteiger partial charge in [-0.3, -0.25) is 0 Å². The van der Waals surface area contributed by atoms with Crippen molar-refractivity contribution >= 4 is 45.9 Å². The van der Waals surface area contributed by atoms with Crippen LogP contribution in [0.4, 0.5) is 22.9 Å². The monoisotopic (exact) mass is 514 g/mol. The summed E-state index contributed by atoms with van der Waals surface area (Å²) in [6, 6.07) is 29.1. The van der Waals surface area contributed by atoms with E-state index < -0.39 is 0 Å². The van der Waals surface area contributed by atoms with Crippen molar-refractivity contribution in [2.75, 3.05) is 10.2 Å². The fourth-order valence-corrected chi connectivity index (χ4v) is 6.04. The van der Waals surface area contributed by atoms with Crippen LogP contribution in [0.25, 0.3) is 5.69 Å². The Hall–Kier alpha value is -4.49. The van der Waals surface area contributed by atoms with Crippen molar-refractivity contribution < 1.29 is 0 Å². The standard InChI is InChI=1S/C31H26N6S/c1-19-15-16-22(18-20(19)2)32-29-31-34-30-27(21(3)35-37(30)23-10-5-4-6-11-23)28(26-14-9-17-38-26)36(31)25-13-8-7-12-24(25)33-29/h4-18,28H,1-3H3,(H,32,33). The summed E-state index contributed by atoms with van der Waals surface area (Å²) in [5.74, 6) is 2.34. The molecular weight excluding hydrogens is 488 g/mol. The second kappa shape index (κ2) is 8.82. The highest BCUT2D eigenvalue weighted by Gasteiger charge is 2.41. The number of aromatic nitrogens is 2. The van der Waals surface area contributed by atoms with Gasteiger partial charge in [0.15, 0.2) is 17.5 Å². The van der Waals surface area contributed by atoms with Crippen molar-refractivity contribution in [3.05, 3.63) is 118 Å². The molecule has 0 spiro atoms. The number of nitrogens with one attached hydrogen (secondary N) is 1. The van der Waals surface area contributed by atoms with E-state index in [1.807, 2.05) is 28.9 Å². The summed E-state index contributed by atoms with van der Waals surface area (Å²) in [7, 11) is 0. The minimum Gasteiger partial charge on any atom is -0.337 e. The summed E-state index contributed by atoms with van der Waals surface area (Å²) in [5, 5.41) is 10.7. The number of hydrogen-bond donors (Lipinski definition) is 1. The summed E-state index contributed by atoms with van der Waals surface area (Å²) >= 11 is 1.75. The lowest BCUT2D eigenvalue weighted by Crippen LogP contribution is -2.46. The van der Waals surface area contributed by atoms with E-state index in [0.29, 0.717) is 0 Å². The maximum atomic E-state index is 5.30. The highest BCUT2D eigenvalue weighted by atomic mass is 32.1. The first-order chi connectivity index (χ1) is 18.6. The molecule has 38 heavy (non-hydrogen) atoms. The number of thiophene rings is 1. The van der Waals surface area contributed by atoms with E-state index in [-0.39, 0.29) is 6.04 Å². The minimum absolute atomic E-state index is 0.0804. The molecule has 7 heteroatoms. The normalized spacial score (nSPS) is 15.8. The first-order valence-electron chi connectivity index (χ1n) is 12.7. The van der Waals surface area contributed by atoms with Gasteiger partial charge < -0.3 is 10.2 Å². The molecule has 3 aromatic carbocycles. The highest BCUT2D eigenvalue weighted by Crippen LogP contribution is 2.49. The molecule has 2 aliphatic rings. The van der Waals surface area contributed by atoms with Gasteiger partial charge >= 0.3 is 0 Å². The van der Waals surface area contributed by atoms with Gasteiger partial charge in [-0.1, -0.05) is 42.5 Å². The Bertz CT molecular complexity index is 1730. The maximum Gasteiger partial charge on any atom is 0.179 e. The molecule has 1 atom stereocenters. The molecule has 0 bridgehead atoms. The minimum atomic E-state index is -0.0804. The predicted molar refractivity (Wildman–Crippen MR) is 157 cm³/mol. The topological polar surface area (TPSA) is 57.8 Å². The Labute approximate surface area is 225 Å². The van der Waals surface area contributed by atoms with Crippen LogP contribution in [0.15, 0.2) is 100 Å². The molecule has 0 saturated heterocycles. The number of benzene rings is 3. The zero-order valence-corrected chi connectivity index (χ0v) is 22.2. The molecule has 0 radical (unpaired) electrons. The van der Waals surface area contributed by atoms with Gasteiger partial charge in [-0.2, -0.15) is 5.10 Å². The van der Waals surface area contributed by atoms with Crippen molar-refractivity contribution in [3.63, 3.8) is 0 Å². The molecular formula is C31H26N6S. The lowest BCUT2D eigenvalue weighted by molar-refractivity contribution is 0.830. The van der Waals surface area contributed by atoms with E-state index in [4.69, 9.17) is 15.1 Å². The number of aliphatic imine (C=N–C) groups is 2. The quantitative estimate of drug-likeness (QED) is 0.269. The fourth-order valence-electron chi connectivity index (χ4n) is 5.22. The average Bonchev–Trinajstić information content (AvgIpc) is 3.59. The van der Waals surface area contributed by atoms with Gasteiger partial charge in [0.1, 0.15) is 6.04 Å². The zero-order valence-electron chi connectivity index (χ0n) is 21.4. The van der Waals surface area contributed by atoms with Crippen LogP contribution in [0.2, 0.25) is 0 Å². The van der Waals surface area contributed by atoms with Crippen molar-refractivity contribution in [2.24, 2.45) is 9.98 Å². The molecule has 7 rings (SSSR count). The zero-order chi connectivity index (χ0) is 25.8. The smallest absolute Gasteiger partial charge is 0.179 e. The molecule has 5 aromatic rings. The number of hydrogen-bond acceptors (Lipinski definition) is 6. The predicted octanol–water partition coefficient (Wildman–Crippen LogP) is 7.65. The fraction of sp³-hybridized carbons (Fsp3) is 0.129. The van der Waals surface area contributed by atoms with E-state index in [2.05, 4.69) is 97.0 Å². The molecule has 2 aromatic heterocycles. The number of amidine groups is 2. The number of fused-ring (bicyclic) bond motifs is 4. The Morgan fingerprint density at radius 3 is 2.42 bits per heavy atom. The highest BCUT2D eigenvalue weighted by molar-refractivity contribution is 7.10. The molecule has 6 nitrogen and oxygen atoms in total. The van der Waals surface area contributed by atoms with Crippen LogP contribution in [-0.4, -0.2) is 21.5 Å². The number of para-hydroxylation sites is 3. The molecule has 0 saturated carbocycles. The lowest BCUT2D eigenvalue weighted by atomic mass is 9.98. The molecule has 0 fully saturated rings. The van der Waals surface area contributed by atoms with Crippen LogP contribution in [0.5, 0.6) is 0 Å². The summed E-state index contributed by atoms with van der Waals surface area (Å²) in [6.07, 6.45) is 0. The van der Waals surface area contributed by atoms with Crippen LogP contribution in [0.1, 0.15) is 33.3 Å². The van der Waals surface area contributed by atoms with Gasteiger partial charge in [0.2, 0.25) is 0 Å². The number of anilines is 2. The first kappa shape index (κ1) is 22.7. The summed E-state index contributed by atoms with van der Waals surface area (Å²) < 4.78 is 1.96. The van der Waals surface area contributed by atoms with Crippen LogP contribution in [0.3, 0.4) is 0 Å². The molecule has 2 aliphatic heterocycles. The van der Waals surface area contributed by atoms with Crippen molar-refractivity contribution in [1.82, 2.24) is 9.78 Å². The average molecular weight is 515 g/mol. The van der Waals surface area contributed by atoms with Gasteiger partial charge in [-0.25, -0.2) is 14.7 Å². The van der Waals surface area contributed by atoms with Gasteiger partial charge in [-0.15, -0.1) is 11.3 Å². The Kier molecular flexibility index (Phi) is 5.26. The molecule has 0 amide bonds. The van der Waals surface area contributed by atoms with Gasteiger partial charge in [0.25, 0.3) is 0 Å². The van der Waals surface area contributed by atoms with Crippen LogP contribution in [-0.2, 0) is 0 Å². The molecule has 1 unspecified atom stereocenters. The number of aryl methyl sites for hydroxylation is 3. The Morgan fingerprint density at radius 1 is 0.816 bits per heavy atom. The van der Waals surface area contributed by atoms with E-state index in [1.165, 1.54) is 16.0 Å². The van der Waals surface area contributed by atoms with Crippen LogP contribution in [0, 0.1) is 20.8 Å². The summed E-state index contributed by atoms with van der Waals surface area (Å²) in [5.41, 5.74) is 8.48. The van der Waals surface area contributed by atoms with Crippen molar-refractivity contribution in [3.8, 4) is 5.69 Å². The second-order valence-corrected chi connectivity index (χ2v) is 10.6. The third-order valence-electron chi connectivity index (χ3n) is 7.22. The van der Waals surface area contributed by atoms with E-state index >= 15 is 0 Å². The molecule has 4 heterocycles. The van der Waals surface area contributed by atoms with Gasteiger partial charge in [0.05, 0.1) is 22.8 Å². The summed E-state index contributed by atoms with van der Waals surface area (Å²) in [4.78, 5) is 13.9. The van der Waals surface area contributed by atoms with Gasteiger partial charge in [0, 0.05) is 16.1 Å². The lowest BCUT2D eigenvalue weighted by Gasteiger charge is -2.40. The Balaban J connectivity index is 1.48. The third kappa shape index (κ3) is 3.58. The summed E-state index contributed by atoms with van der Waals surface area (Å²) in [6.45, 7) is 6.33. The second-order valence-electron chi connectivity index (χ2n) is 9.67. The molecule has 0 aliphatic carbocycles. The molecule has 1 N–H and O–H groups in total. The third-order valence-corrected chi connectivity index (χ3v) is 8.15. The first-order valence-corrected chi connectivity index (χ1v) is 13.5. The van der Waals surface area contributed by atoms with Crippen LogP contribution < -0.4 is 10.2 Å². The Morgan fingerprint density at radius 2 is 1.63 bits per heavy atom. The van der Waals surface area contributed by atoms with E-state index in [0.717, 1.165) is 51.5 Å². The maximum absolute atomic E-state index is 5.30. The number of rotatable bonds is 3. The van der Waals surface area contributed by atoms with Crippen molar-refractivity contribution in [1.29, 1.82) is 0 Å². The largest absolute Gasteiger partial charge is 0.337 e. The SMILES string of the molecule is Cc1ccc(NC2=Nc3ccccc3N3C2=Nc2c(c(C)nn2-c2ccccc2)C3c2cccs2)cc1C. The number of nitrogens with zero attached hydrogens (tertiary/aromatic N) is 5. The molecule has 186 valence electrons. The van der Waals surface area contributed by atoms with E-state index in [9.17, 15) is 0 Å².